The Hall–Kier alpha value is -1.55. The number of benzene rings is 1. The summed E-state index contributed by atoms with van der Waals surface area (Å²) in [5.41, 5.74) is 7.14. The maximum Gasteiger partial charge on any atom is 0.147 e. The van der Waals surface area contributed by atoms with Crippen molar-refractivity contribution in [2.24, 2.45) is 22.2 Å². The summed E-state index contributed by atoms with van der Waals surface area (Å²) < 4.78 is 0. The van der Waals surface area contributed by atoms with Gasteiger partial charge in [0.2, 0.25) is 0 Å². The van der Waals surface area contributed by atoms with Crippen molar-refractivity contribution in [3.8, 4) is 0 Å². The van der Waals surface area contributed by atoms with Crippen LogP contribution in [0.2, 0.25) is 0 Å². The van der Waals surface area contributed by atoms with E-state index >= 15 is 0 Å². The van der Waals surface area contributed by atoms with Crippen molar-refractivity contribution in [3.05, 3.63) is 35.9 Å². The lowest BCUT2D eigenvalue weighted by atomic mass is 9.82. The molecule has 0 heterocycles. The van der Waals surface area contributed by atoms with Crippen LogP contribution >= 0.6 is 0 Å². The van der Waals surface area contributed by atoms with Gasteiger partial charge in [0.05, 0.1) is 5.92 Å². The van der Waals surface area contributed by atoms with Crippen LogP contribution in [0.25, 0.3) is 0 Å². The van der Waals surface area contributed by atoms with Gasteiger partial charge in [0.1, 0.15) is 5.84 Å². The van der Waals surface area contributed by atoms with E-state index < -0.39 is 0 Å². The molecule has 0 fully saturated rings. The standard InChI is InChI=1S/C16H27N3O/c1-12(16(2,3)4)10-18-11-14(15(17)19-20)13-8-6-5-7-9-13/h5-9,12,14,18,20H,10-11H2,1-4H3,(H2,17,19). The Kier molecular flexibility index (Phi) is 6.02. The van der Waals surface area contributed by atoms with Gasteiger partial charge in [-0.3, -0.25) is 0 Å². The molecule has 0 saturated heterocycles. The lowest BCUT2D eigenvalue weighted by Crippen LogP contribution is -2.36. The highest BCUT2D eigenvalue weighted by Gasteiger charge is 2.21. The summed E-state index contributed by atoms with van der Waals surface area (Å²) in [4.78, 5) is 0. The Bertz CT molecular complexity index is 423. The van der Waals surface area contributed by atoms with Crippen molar-refractivity contribution in [2.45, 2.75) is 33.6 Å². The minimum atomic E-state index is -0.103. The second-order valence-electron chi connectivity index (χ2n) is 6.41. The normalized spacial score (nSPS) is 15.9. The predicted octanol–water partition coefficient (Wildman–Crippen LogP) is 2.79. The van der Waals surface area contributed by atoms with Gasteiger partial charge in [0.15, 0.2) is 0 Å². The molecule has 0 aliphatic carbocycles. The van der Waals surface area contributed by atoms with Gasteiger partial charge in [-0.05, 0) is 23.4 Å². The molecule has 2 atom stereocenters. The van der Waals surface area contributed by atoms with Crippen molar-refractivity contribution in [2.75, 3.05) is 13.1 Å². The Balaban J connectivity index is 2.65. The van der Waals surface area contributed by atoms with Crippen LogP contribution in [0.1, 0.15) is 39.2 Å². The van der Waals surface area contributed by atoms with Crippen LogP contribution in [0.3, 0.4) is 0 Å². The number of amidine groups is 1. The third-order valence-corrected chi connectivity index (χ3v) is 3.95. The van der Waals surface area contributed by atoms with Gasteiger partial charge in [-0.1, -0.05) is 63.2 Å². The minimum Gasteiger partial charge on any atom is -0.409 e. The van der Waals surface area contributed by atoms with Crippen molar-refractivity contribution >= 4 is 5.84 Å². The lowest BCUT2D eigenvalue weighted by molar-refractivity contribution is 0.253. The van der Waals surface area contributed by atoms with E-state index in [4.69, 9.17) is 10.9 Å². The van der Waals surface area contributed by atoms with Crippen molar-refractivity contribution in [3.63, 3.8) is 0 Å². The van der Waals surface area contributed by atoms with E-state index in [0.29, 0.717) is 12.5 Å². The Morgan fingerprint density at radius 3 is 2.35 bits per heavy atom. The topological polar surface area (TPSA) is 70.6 Å². The highest BCUT2D eigenvalue weighted by atomic mass is 16.4. The molecular formula is C16H27N3O. The van der Waals surface area contributed by atoms with Crippen molar-refractivity contribution in [1.82, 2.24) is 5.32 Å². The highest BCUT2D eigenvalue weighted by molar-refractivity contribution is 5.87. The highest BCUT2D eigenvalue weighted by Crippen LogP contribution is 2.24. The third-order valence-electron chi connectivity index (χ3n) is 3.95. The summed E-state index contributed by atoms with van der Waals surface area (Å²) >= 11 is 0. The van der Waals surface area contributed by atoms with Crippen molar-refractivity contribution < 1.29 is 5.21 Å². The van der Waals surface area contributed by atoms with E-state index in [1.54, 1.807) is 0 Å². The SMILES string of the molecule is CC(CNCC(/C(N)=N/O)c1ccccc1)C(C)(C)C. The van der Waals surface area contributed by atoms with E-state index in [2.05, 4.69) is 38.2 Å². The molecule has 112 valence electrons. The first kappa shape index (κ1) is 16.5. The van der Waals surface area contributed by atoms with Crippen LogP contribution in [0, 0.1) is 11.3 Å². The molecule has 0 radical (unpaired) electrons. The van der Waals surface area contributed by atoms with Gasteiger partial charge in [-0.15, -0.1) is 0 Å². The van der Waals surface area contributed by atoms with Gasteiger partial charge in [0.25, 0.3) is 0 Å². The maximum atomic E-state index is 8.94. The largest absolute Gasteiger partial charge is 0.409 e. The summed E-state index contributed by atoms with van der Waals surface area (Å²) in [5.74, 6) is 0.687. The van der Waals surface area contributed by atoms with E-state index in [0.717, 1.165) is 12.1 Å². The second kappa shape index (κ2) is 7.29. The summed E-state index contributed by atoms with van der Waals surface area (Å²) in [7, 11) is 0. The first-order chi connectivity index (χ1) is 9.36. The monoisotopic (exact) mass is 277 g/mol. The molecule has 0 saturated carbocycles. The van der Waals surface area contributed by atoms with E-state index in [1.165, 1.54) is 0 Å². The smallest absolute Gasteiger partial charge is 0.147 e. The van der Waals surface area contributed by atoms with Gasteiger partial charge in [-0.25, -0.2) is 0 Å². The summed E-state index contributed by atoms with van der Waals surface area (Å²) in [5, 5.41) is 15.5. The van der Waals surface area contributed by atoms with E-state index in [1.807, 2.05) is 30.3 Å². The number of oxime groups is 1. The fourth-order valence-electron chi connectivity index (χ4n) is 1.90. The zero-order valence-electron chi connectivity index (χ0n) is 12.9. The van der Waals surface area contributed by atoms with Crippen LogP contribution in [0.15, 0.2) is 35.5 Å². The molecule has 0 aliphatic heterocycles. The van der Waals surface area contributed by atoms with E-state index in [9.17, 15) is 0 Å². The molecule has 4 N–H and O–H groups in total. The number of hydrogen-bond acceptors (Lipinski definition) is 3. The van der Waals surface area contributed by atoms with Gasteiger partial charge < -0.3 is 16.3 Å². The molecule has 2 unspecified atom stereocenters. The molecule has 0 bridgehead atoms. The first-order valence-electron chi connectivity index (χ1n) is 7.09. The molecule has 20 heavy (non-hydrogen) atoms. The Labute approximate surface area is 122 Å². The summed E-state index contributed by atoms with van der Waals surface area (Å²) in [6.45, 7) is 10.5. The first-order valence-corrected chi connectivity index (χ1v) is 7.09. The summed E-state index contributed by atoms with van der Waals surface area (Å²) in [6.07, 6.45) is 0. The average molecular weight is 277 g/mol. The zero-order chi connectivity index (χ0) is 15.2. The van der Waals surface area contributed by atoms with Gasteiger partial charge in [0, 0.05) is 6.54 Å². The zero-order valence-corrected chi connectivity index (χ0v) is 12.9. The van der Waals surface area contributed by atoms with Crippen LogP contribution in [-0.4, -0.2) is 24.1 Å². The maximum absolute atomic E-state index is 8.94. The number of nitrogens with zero attached hydrogens (tertiary/aromatic N) is 1. The Morgan fingerprint density at radius 2 is 1.85 bits per heavy atom. The molecule has 4 nitrogen and oxygen atoms in total. The number of hydrogen-bond donors (Lipinski definition) is 3. The second-order valence-corrected chi connectivity index (χ2v) is 6.41. The van der Waals surface area contributed by atoms with Crippen LogP contribution in [0.5, 0.6) is 0 Å². The Morgan fingerprint density at radius 1 is 1.25 bits per heavy atom. The van der Waals surface area contributed by atoms with Gasteiger partial charge in [-0.2, -0.15) is 0 Å². The van der Waals surface area contributed by atoms with Crippen LogP contribution in [0.4, 0.5) is 0 Å². The molecule has 0 aromatic heterocycles. The number of nitrogens with two attached hydrogens (primary N) is 1. The third kappa shape index (κ3) is 4.85. The molecule has 4 heteroatoms. The molecule has 1 aromatic rings. The predicted molar refractivity (Wildman–Crippen MR) is 84.1 cm³/mol. The fraction of sp³-hybridized carbons (Fsp3) is 0.562. The molecule has 1 aromatic carbocycles. The molecule has 1 rings (SSSR count). The molecule has 0 aliphatic rings. The van der Waals surface area contributed by atoms with Gasteiger partial charge >= 0.3 is 0 Å². The molecule has 0 spiro atoms. The number of nitrogens with one attached hydrogen (secondary N) is 1. The lowest BCUT2D eigenvalue weighted by Gasteiger charge is -2.28. The van der Waals surface area contributed by atoms with Crippen LogP contribution < -0.4 is 11.1 Å². The number of rotatable bonds is 6. The van der Waals surface area contributed by atoms with Crippen molar-refractivity contribution in [1.29, 1.82) is 0 Å². The summed E-state index contributed by atoms with van der Waals surface area (Å²) in [6, 6.07) is 9.88. The van der Waals surface area contributed by atoms with Crippen LogP contribution in [-0.2, 0) is 0 Å². The molecular weight excluding hydrogens is 250 g/mol. The molecule has 0 amide bonds. The van der Waals surface area contributed by atoms with E-state index in [-0.39, 0.29) is 17.2 Å². The average Bonchev–Trinajstić information content (AvgIpc) is 2.42. The quantitative estimate of drug-likeness (QED) is 0.324. The minimum absolute atomic E-state index is 0.103. The fourth-order valence-corrected chi connectivity index (χ4v) is 1.90.